The fourth-order valence-corrected chi connectivity index (χ4v) is 4.44. The Bertz CT molecular complexity index is 1380. The van der Waals surface area contributed by atoms with Gasteiger partial charge in [0.15, 0.2) is 5.82 Å². The fourth-order valence-electron chi connectivity index (χ4n) is 3.30. The highest BCUT2D eigenvalue weighted by Gasteiger charge is 2.23. The summed E-state index contributed by atoms with van der Waals surface area (Å²) in [5.41, 5.74) is 1.95. The number of nitrogens with one attached hydrogen (secondary N) is 1. The van der Waals surface area contributed by atoms with Gasteiger partial charge in [-0.2, -0.15) is 5.10 Å². The van der Waals surface area contributed by atoms with Crippen molar-refractivity contribution in [1.82, 2.24) is 33.7 Å². The van der Waals surface area contributed by atoms with E-state index in [1.165, 1.54) is 33.9 Å². The summed E-state index contributed by atoms with van der Waals surface area (Å²) in [5.74, 6) is 0.381. The molecule has 29 heavy (non-hydrogen) atoms. The van der Waals surface area contributed by atoms with Gasteiger partial charge in [-0.1, -0.05) is 0 Å². The molecule has 152 valence electrons. The van der Waals surface area contributed by atoms with Crippen molar-refractivity contribution in [1.29, 1.82) is 0 Å². The molecule has 3 heterocycles. The van der Waals surface area contributed by atoms with E-state index in [0.717, 1.165) is 0 Å². The van der Waals surface area contributed by atoms with Crippen LogP contribution in [0.5, 0.6) is 0 Å². The van der Waals surface area contributed by atoms with Gasteiger partial charge in [0.1, 0.15) is 18.3 Å². The van der Waals surface area contributed by atoms with Crippen LogP contribution in [0.15, 0.2) is 40.5 Å². The lowest BCUT2D eigenvalue weighted by Gasteiger charge is -2.10. The van der Waals surface area contributed by atoms with Crippen molar-refractivity contribution in [2.75, 3.05) is 4.72 Å². The average Bonchev–Trinajstić information content (AvgIpc) is 3.38. The van der Waals surface area contributed by atoms with Gasteiger partial charge in [-0.15, -0.1) is 10.2 Å². The second-order valence-electron chi connectivity index (χ2n) is 6.63. The van der Waals surface area contributed by atoms with Crippen LogP contribution in [-0.4, -0.2) is 42.1 Å². The highest BCUT2D eigenvalue weighted by Crippen LogP contribution is 2.27. The molecule has 0 radical (unpaired) electrons. The van der Waals surface area contributed by atoms with Crippen molar-refractivity contribution in [3.63, 3.8) is 0 Å². The molecule has 0 aliphatic carbocycles. The van der Waals surface area contributed by atoms with Gasteiger partial charge in [0.25, 0.3) is 10.0 Å². The summed E-state index contributed by atoms with van der Waals surface area (Å²) in [6.07, 6.45) is 2.90. The Kier molecular flexibility index (Phi) is 4.30. The van der Waals surface area contributed by atoms with Crippen LogP contribution in [0.25, 0.3) is 16.9 Å². The molecule has 1 aromatic carbocycles. The van der Waals surface area contributed by atoms with Gasteiger partial charge < -0.3 is 0 Å². The van der Waals surface area contributed by atoms with Gasteiger partial charge in [-0.3, -0.25) is 23.1 Å². The van der Waals surface area contributed by atoms with E-state index in [4.69, 9.17) is 0 Å². The number of aromatic nitrogens is 7. The lowest BCUT2D eigenvalue weighted by molar-refractivity contribution is 0.601. The Morgan fingerprint density at radius 3 is 2.38 bits per heavy atom. The molecule has 4 rings (SSSR count). The Balaban J connectivity index is 1.82. The fraction of sp³-hybridized carbons (Fsp3) is 0.294. The van der Waals surface area contributed by atoms with Crippen molar-refractivity contribution < 1.29 is 8.42 Å². The highest BCUT2D eigenvalue weighted by atomic mass is 32.2. The van der Waals surface area contributed by atoms with E-state index in [-0.39, 0.29) is 10.6 Å². The minimum Gasteiger partial charge on any atom is -0.295 e. The van der Waals surface area contributed by atoms with Crippen LogP contribution in [0, 0.1) is 6.92 Å². The largest absolute Gasteiger partial charge is 0.328 e. The van der Waals surface area contributed by atoms with Gasteiger partial charge in [0.2, 0.25) is 0 Å². The molecule has 0 aliphatic heterocycles. The Morgan fingerprint density at radius 2 is 1.72 bits per heavy atom. The van der Waals surface area contributed by atoms with E-state index >= 15 is 0 Å². The SMILES string of the molecule is CCn1nc(-n2cnnc2)c(NS(=O)(=O)c2ccc3c(c2)n(C)c(=O)n3C)c1C. The number of aryl methyl sites for hydroxylation is 3. The van der Waals surface area contributed by atoms with Crippen LogP contribution in [0.4, 0.5) is 5.69 Å². The minimum absolute atomic E-state index is 0.0459. The maximum absolute atomic E-state index is 13.1. The molecule has 0 spiro atoms. The Morgan fingerprint density at radius 1 is 1.07 bits per heavy atom. The van der Waals surface area contributed by atoms with Gasteiger partial charge in [-0.05, 0) is 32.0 Å². The molecule has 12 heteroatoms. The normalized spacial score (nSPS) is 12.0. The molecular formula is C17H20N8O3S. The van der Waals surface area contributed by atoms with Crippen molar-refractivity contribution in [3.05, 3.63) is 47.0 Å². The molecule has 0 unspecified atom stereocenters. The molecule has 0 saturated heterocycles. The average molecular weight is 416 g/mol. The van der Waals surface area contributed by atoms with E-state index in [1.54, 1.807) is 36.3 Å². The zero-order valence-corrected chi connectivity index (χ0v) is 17.2. The maximum atomic E-state index is 13.1. The van der Waals surface area contributed by atoms with Gasteiger partial charge in [0.05, 0.1) is 21.6 Å². The maximum Gasteiger partial charge on any atom is 0.328 e. The van der Waals surface area contributed by atoms with Crippen molar-refractivity contribution in [2.45, 2.75) is 25.3 Å². The van der Waals surface area contributed by atoms with Crippen LogP contribution >= 0.6 is 0 Å². The van der Waals surface area contributed by atoms with Crippen LogP contribution in [-0.2, 0) is 30.7 Å². The van der Waals surface area contributed by atoms with Crippen LogP contribution < -0.4 is 10.4 Å². The summed E-state index contributed by atoms with van der Waals surface area (Å²) < 4.78 is 35.0. The van der Waals surface area contributed by atoms with E-state index in [9.17, 15) is 13.2 Å². The van der Waals surface area contributed by atoms with Gasteiger partial charge >= 0.3 is 5.69 Å². The number of rotatable bonds is 5. The Hall–Kier alpha value is -3.41. The zero-order chi connectivity index (χ0) is 20.9. The number of anilines is 1. The lowest BCUT2D eigenvalue weighted by atomic mass is 10.3. The third-order valence-corrected chi connectivity index (χ3v) is 6.29. The Labute approximate surface area is 166 Å². The summed E-state index contributed by atoms with van der Waals surface area (Å²) in [6.45, 7) is 4.27. The molecule has 3 aromatic heterocycles. The molecule has 11 nitrogen and oxygen atoms in total. The molecule has 0 aliphatic rings. The predicted octanol–water partition coefficient (Wildman–Crippen LogP) is 0.783. The first-order chi connectivity index (χ1) is 13.7. The first-order valence-electron chi connectivity index (χ1n) is 8.85. The number of benzene rings is 1. The molecule has 0 bridgehead atoms. The predicted molar refractivity (Wildman–Crippen MR) is 107 cm³/mol. The minimum atomic E-state index is -3.94. The van der Waals surface area contributed by atoms with E-state index < -0.39 is 10.0 Å². The number of sulfonamides is 1. The molecule has 0 atom stereocenters. The summed E-state index contributed by atoms with van der Waals surface area (Å²) in [6, 6.07) is 4.58. The summed E-state index contributed by atoms with van der Waals surface area (Å²) in [7, 11) is -0.689. The summed E-state index contributed by atoms with van der Waals surface area (Å²) >= 11 is 0. The van der Waals surface area contributed by atoms with Gasteiger partial charge in [0, 0.05) is 20.6 Å². The molecule has 0 amide bonds. The van der Waals surface area contributed by atoms with Crippen LogP contribution in [0.3, 0.4) is 0 Å². The number of hydrogen-bond donors (Lipinski definition) is 1. The standard InChI is InChI=1S/C17H20N8O3S/c1-5-25-11(2)15(16(20-25)24-9-18-19-10-24)21-29(27,28)12-6-7-13-14(8-12)23(4)17(26)22(13)3/h6-10,21H,5H2,1-4H3. The first kappa shape index (κ1) is 18.9. The second kappa shape index (κ2) is 6.58. The monoisotopic (exact) mass is 416 g/mol. The number of nitrogens with zero attached hydrogens (tertiary/aromatic N) is 7. The molecular weight excluding hydrogens is 396 g/mol. The van der Waals surface area contributed by atoms with Crippen molar-refractivity contribution in [2.24, 2.45) is 14.1 Å². The summed E-state index contributed by atoms with van der Waals surface area (Å²) in [4.78, 5) is 12.2. The van der Waals surface area contributed by atoms with Crippen molar-refractivity contribution in [3.8, 4) is 5.82 Å². The number of imidazole rings is 1. The third kappa shape index (κ3) is 2.92. The van der Waals surface area contributed by atoms with E-state index in [2.05, 4.69) is 20.0 Å². The van der Waals surface area contributed by atoms with Crippen molar-refractivity contribution >= 4 is 26.7 Å². The van der Waals surface area contributed by atoms with E-state index in [0.29, 0.717) is 34.8 Å². The van der Waals surface area contributed by atoms with E-state index in [1.807, 2.05) is 6.92 Å². The third-order valence-electron chi connectivity index (χ3n) is 4.94. The number of hydrogen-bond acceptors (Lipinski definition) is 6. The zero-order valence-electron chi connectivity index (χ0n) is 16.4. The highest BCUT2D eigenvalue weighted by molar-refractivity contribution is 7.92. The molecule has 0 fully saturated rings. The molecule has 0 saturated carbocycles. The number of fused-ring (bicyclic) bond motifs is 1. The smallest absolute Gasteiger partial charge is 0.295 e. The molecule has 1 N–H and O–H groups in total. The molecule has 4 aromatic rings. The quantitative estimate of drug-likeness (QED) is 0.513. The lowest BCUT2D eigenvalue weighted by Crippen LogP contribution is -2.19. The summed E-state index contributed by atoms with van der Waals surface area (Å²) in [5, 5.41) is 12.0. The van der Waals surface area contributed by atoms with Crippen LogP contribution in [0.1, 0.15) is 12.6 Å². The second-order valence-corrected chi connectivity index (χ2v) is 8.31. The first-order valence-corrected chi connectivity index (χ1v) is 10.3. The topological polar surface area (TPSA) is 122 Å². The van der Waals surface area contributed by atoms with Crippen LogP contribution in [0.2, 0.25) is 0 Å². The van der Waals surface area contributed by atoms with Gasteiger partial charge in [-0.25, -0.2) is 13.2 Å².